The Bertz CT molecular complexity index is 850. The van der Waals surface area contributed by atoms with Crippen LogP contribution < -0.4 is 9.46 Å². The topological polar surface area (TPSA) is 55.4 Å². The quantitative estimate of drug-likeness (QED) is 0.832. The summed E-state index contributed by atoms with van der Waals surface area (Å²) in [6.45, 7) is 9.62. The summed E-state index contributed by atoms with van der Waals surface area (Å²) in [5, 5.41) is 0. The van der Waals surface area contributed by atoms with Crippen molar-refractivity contribution in [1.82, 2.24) is 4.72 Å². The molecule has 4 nitrogen and oxygen atoms in total. The molecule has 0 aliphatic heterocycles. The van der Waals surface area contributed by atoms with E-state index in [-0.39, 0.29) is 6.04 Å². The third-order valence-electron chi connectivity index (χ3n) is 4.44. The maximum absolute atomic E-state index is 13.0. The summed E-state index contributed by atoms with van der Waals surface area (Å²) in [6.07, 6.45) is 0.678. The molecular weight excluding hydrogens is 334 g/mol. The molecule has 0 radical (unpaired) electrons. The summed E-state index contributed by atoms with van der Waals surface area (Å²) >= 11 is 0. The molecule has 0 bridgehead atoms. The van der Waals surface area contributed by atoms with Crippen LogP contribution in [0, 0.1) is 27.7 Å². The number of sulfonamides is 1. The fraction of sp³-hybridized carbons (Fsp3) is 0.400. The molecule has 1 unspecified atom stereocenters. The van der Waals surface area contributed by atoms with Gasteiger partial charge in [0.05, 0.1) is 12.0 Å². The maximum Gasteiger partial charge on any atom is 0.241 e. The second-order valence-corrected chi connectivity index (χ2v) is 8.18. The molecule has 5 heteroatoms. The first-order valence-electron chi connectivity index (χ1n) is 8.44. The molecule has 0 aliphatic rings. The first kappa shape index (κ1) is 19.5. The van der Waals surface area contributed by atoms with Crippen LogP contribution in [-0.4, -0.2) is 15.5 Å². The van der Waals surface area contributed by atoms with Crippen molar-refractivity contribution < 1.29 is 13.2 Å². The molecule has 0 heterocycles. The Morgan fingerprint density at radius 3 is 2.08 bits per heavy atom. The highest BCUT2D eigenvalue weighted by Gasteiger charge is 2.25. The zero-order valence-electron chi connectivity index (χ0n) is 15.8. The minimum Gasteiger partial charge on any atom is -0.497 e. The molecule has 2 rings (SSSR count). The van der Waals surface area contributed by atoms with Crippen molar-refractivity contribution in [3.63, 3.8) is 0 Å². The number of hydrogen-bond acceptors (Lipinski definition) is 3. The monoisotopic (exact) mass is 361 g/mol. The van der Waals surface area contributed by atoms with Gasteiger partial charge in [-0.1, -0.05) is 30.7 Å². The standard InChI is InChI=1S/C20H27NO3S/c1-7-19(18-9-8-13(2)10-14(18)3)21-25(22,23)20-15(4)11-17(24-6)12-16(20)5/h8-12,19,21H,7H2,1-6H3. The van der Waals surface area contributed by atoms with Crippen LogP contribution in [0.1, 0.15) is 47.2 Å². The highest BCUT2D eigenvalue weighted by atomic mass is 32.2. The van der Waals surface area contributed by atoms with Crippen molar-refractivity contribution in [2.24, 2.45) is 0 Å². The minimum absolute atomic E-state index is 0.258. The lowest BCUT2D eigenvalue weighted by Crippen LogP contribution is -2.30. The van der Waals surface area contributed by atoms with Gasteiger partial charge in [0, 0.05) is 6.04 Å². The summed E-state index contributed by atoms with van der Waals surface area (Å²) in [7, 11) is -2.06. The Morgan fingerprint density at radius 2 is 1.60 bits per heavy atom. The van der Waals surface area contributed by atoms with Crippen LogP contribution in [0.15, 0.2) is 35.2 Å². The van der Waals surface area contributed by atoms with E-state index in [9.17, 15) is 8.42 Å². The molecule has 2 aromatic rings. The number of ether oxygens (including phenoxy) is 1. The average molecular weight is 362 g/mol. The van der Waals surface area contributed by atoms with Gasteiger partial charge in [0.15, 0.2) is 0 Å². The van der Waals surface area contributed by atoms with E-state index < -0.39 is 10.0 Å². The number of benzene rings is 2. The third-order valence-corrected chi connectivity index (χ3v) is 6.22. The summed E-state index contributed by atoms with van der Waals surface area (Å²) in [5.41, 5.74) is 4.64. The van der Waals surface area contributed by atoms with Gasteiger partial charge < -0.3 is 4.74 Å². The van der Waals surface area contributed by atoms with Crippen molar-refractivity contribution in [2.75, 3.05) is 7.11 Å². The Morgan fingerprint density at radius 1 is 1.00 bits per heavy atom. The lowest BCUT2D eigenvalue weighted by atomic mass is 9.98. The number of methoxy groups -OCH3 is 1. The van der Waals surface area contributed by atoms with E-state index in [1.807, 2.05) is 32.9 Å². The molecular formula is C20H27NO3S. The van der Waals surface area contributed by atoms with Crippen molar-refractivity contribution >= 4 is 10.0 Å². The summed E-state index contributed by atoms with van der Waals surface area (Å²) in [6, 6.07) is 9.35. The van der Waals surface area contributed by atoms with Crippen molar-refractivity contribution in [1.29, 1.82) is 0 Å². The Labute approximate surface area is 151 Å². The molecule has 0 spiro atoms. The number of hydrogen-bond donors (Lipinski definition) is 1. The molecule has 1 N–H and O–H groups in total. The Balaban J connectivity index is 2.43. The van der Waals surface area contributed by atoms with Gasteiger partial charge in [-0.2, -0.15) is 0 Å². The van der Waals surface area contributed by atoms with Gasteiger partial charge in [0.2, 0.25) is 10.0 Å². The first-order chi connectivity index (χ1) is 11.7. The lowest BCUT2D eigenvalue weighted by Gasteiger charge is -2.21. The molecule has 0 saturated heterocycles. The van der Waals surface area contributed by atoms with E-state index in [0.29, 0.717) is 28.2 Å². The van der Waals surface area contributed by atoms with Gasteiger partial charge >= 0.3 is 0 Å². The summed E-state index contributed by atoms with van der Waals surface area (Å²) in [4.78, 5) is 0.330. The predicted molar refractivity (Wildman–Crippen MR) is 102 cm³/mol. The SMILES string of the molecule is CCC(NS(=O)(=O)c1c(C)cc(OC)cc1C)c1ccc(C)cc1C. The molecule has 0 amide bonds. The number of aryl methyl sites for hydroxylation is 4. The molecule has 136 valence electrons. The van der Waals surface area contributed by atoms with Gasteiger partial charge in [0.1, 0.15) is 5.75 Å². The molecule has 1 atom stereocenters. The van der Waals surface area contributed by atoms with Crippen molar-refractivity contribution in [3.05, 3.63) is 58.1 Å². The van der Waals surface area contributed by atoms with Crippen LogP contribution in [0.3, 0.4) is 0 Å². The molecule has 2 aromatic carbocycles. The largest absolute Gasteiger partial charge is 0.497 e. The fourth-order valence-corrected chi connectivity index (χ4v) is 5.03. The second-order valence-electron chi connectivity index (χ2n) is 6.53. The minimum atomic E-state index is -3.64. The van der Waals surface area contributed by atoms with Gasteiger partial charge in [-0.15, -0.1) is 0 Å². The van der Waals surface area contributed by atoms with Gasteiger partial charge in [-0.25, -0.2) is 13.1 Å². The third kappa shape index (κ3) is 4.22. The Hall–Kier alpha value is -1.85. The first-order valence-corrected chi connectivity index (χ1v) is 9.92. The summed E-state index contributed by atoms with van der Waals surface area (Å²) in [5.74, 6) is 0.662. The zero-order chi connectivity index (χ0) is 18.8. The fourth-order valence-electron chi connectivity index (χ4n) is 3.28. The van der Waals surface area contributed by atoms with Gasteiger partial charge in [0.25, 0.3) is 0 Å². The molecule has 0 saturated carbocycles. The van der Waals surface area contributed by atoms with Crippen LogP contribution in [0.2, 0.25) is 0 Å². The molecule has 0 aromatic heterocycles. The van der Waals surface area contributed by atoms with Crippen LogP contribution in [0.4, 0.5) is 0 Å². The van der Waals surface area contributed by atoms with Crippen molar-refractivity contribution in [3.8, 4) is 5.75 Å². The van der Waals surface area contributed by atoms with E-state index in [0.717, 1.165) is 11.1 Å². The van der Waals surface area contributed by atoms with E-state index in [1.165, 1.54) is 5.56 Å². The summed E-state index contributed by atoms with van der Waals surface area (Å²) < 4.78 is 34.2. The van der Waals surface area contributed by atoms with Crippen molar-refractivity contribution in [2.45, 2.75) is 52.0 Å². The van der Waals surface area contributed by atoms with E-state index >= 15 is 0 Å². The second kappa shape index (κ2) is 7.58. The zero-order valence-corrected chi connectivity index (χ0v) is 16.6. The Kier molecular flexibility index (Phi) is 5.91. The molecule has 0 aliphatic carbocycles. The molecule has 0 fully saturated rings. The molecule has 25 heavy (non-hydrogen) atoms. The lowest BCUT2D eigenvalue weighted by molar-refractivity contribution is 0.413. The predicted octanol–water partition coefficient (Wildman–Crippen LogP) is 4.36. The van der Waals surface area contributed by atoms with E-state index in [1.54, 1.807) is 33.1 Å². The highest BCUT2D eigenvalue weighted by Crippen LogP contribution is 2.29. The number of rotatable bonds is 6. The van der Waals surface area contributed by atoms with Crippen LogP contribution in [0.25, 0.3) is 0 Å². The van der Waals surface area contributed by atoms with Crippen LogP contribution in [0.5, 0.6) is 5.75 Å². The van der Waals surface area contributed by atoms with Gasteiger partial charge in [-0.05, 0) is 68.5 Å². The smallest absolute Gasteiger partial charge is 0.241 e. The average Bonchev–Trinajstić information content (AvgIpc) is 2.52. The maximum atomic E-state index is 13.0. The highest BCUT2D eigenvalue weighted by molar-refractivity contribution is 7.89. The van der Waals surface area contributed by atoms with Crippen LogP contribution in [-0.2, 0) is 10.0 Å². The number of nitrogens with one attached hydrogen (secondary N) is 1. The van der Waals surface area contributed by atoms with E-state index in [4.69, 9.17) is 4.74 Å². The normalized spacial score (nSPS) is 12.9. The van der Waals surface area contributed by atoms with Gasteiger partial charge in [-0.3, -0.25) is 0 Å². The van der Waals surface area contributed by atoms with Crippen LogP contribution >= 0.6 is 0 Å². The van der Waals surface area contributed by atoms with E-state index in [2.05, 4.69) is 10.8 Å².